The number of benzene rings is 2. The van der Waals surface area contributed by atoms with Gasteiger partial charge in [0.05, 0.1) is 41.4 Å². The number of aromatic nitrogens is 2. The second-order valence-electron chi connectivity index (χ2n) is 7.57. The second-order valence-corrected chi connectivity index (χ2v) is 7.57. The van der Waals surface area contributed by atoms with E-state index in [1.165, 1.54) is 31.4 Å². The van der Waals surface area contributed by atoms with Crippen LogP contribution < -0.4 is 10.2 Å². The average Bonchev–Trinajstić information content (AvgIpc) is 3.19. The third-order valence-electron chi connectivity index (χ3n) is 4.90. The summed E-state index contributed by atoms with van der Waals surface area (Å²) in [6, 6.07) is 8.51. The van der Waals surface area contributed by atoms with Crippen LogP contribution in [-0.4, -0.2) is 48.1 Å². The van der Waals surface area contributed by atoms with Crippen molar-refractivity contribution in [1.29, 1.82) is 0 Å². The van der Waals surface area contributed by atoms with Gasteiger partial charge in [0, 0.05) is 19.8 Å². The lowest BCUT2D eigenvalue weighted by Gasteiger charge is -2.14. The molecule has 0 bridgehead atoms. The third-order valence-corrected chi connectivity index (χ3v) is 4.90. The molecule has 3 rings (SSSR count). The zero-order valence-electron chi connectivity index (χ0n) is 19.5. The van der Waals surface area contributed by atoms with Gasteiger partial charge in [0.25, 0.3) is 0 Å². The molecule has 3 aromatic rings. The van der Waals surface area contributed by atoms with Crippen LogP contribution in [0.4, 0.5) is 32.0 Å². The molecule has 0 radical (unpaired) electrons. The molecule has 0 aliphatic rings. The summed E-state index contributed by atoms with van der Waals surface area (Å²) in [6.07, 6.45) is -6.77. The van der Waals surface area contributed by atoms with E-state index >= 15 is 0 Å². The molecule has 0 atom stereocenters. The van der Waals surface area contributed by atoms with E-state index in [2.05, 4.69) is 15.5 Å². The van der Waals surface area contributed by atoms with E-state index in [4.69, 9.17) is 9.57 Å². The summed E-state index contributed by atoms with van der Waals surface area (Å²) in [5.74, 6) is -1.33. The van der Waals surface area contributed by atoms with Crippen molar-refractivity contribution >= 4 is 29.3 Å². The van der Waals surface area contributed by atoms with Crippen LogP contribution in [0.5, 0.6) is 5.75 Å². The standard InChI is InChI=1S/C23H23F6N5O2/c1-4-33(2)14-30-16-8-9-20-19(11-16)31-21(23(27,28)29)34(20)12-17(32-35-3)13-36-18-7-5-6-15(10-18)22(24,25)26/h5-12,14,32H,4,13H2,1-3H3. The minimum Gasteiger partial charge on any atom is -0.487 e. The van der Waals surface area contributed by atoms with E-state index in [-0.39, 0.29) is 22.5 Å². The number of nitrogens with zero attached hydrogens (tertiary/aromatic N) is 4. The van der Waals surface area contributed by atoms with Crippen LogP contribution in [-0.2, 0) is 17.2 Å². The van der Waals surface area contributed by atoms with Crippen molar-refractivity contribution < 1.29 is 35.9 Å². The Kier molecular flexibility index (Phi) is 8.13. The first-order valence-corrected chi connectivity index (χ1v) is 10.6. The Morgan fingerprint density at radius 1 is 1.11 bits per heavy atom. The van der Waals surface area contributed by atoms with Crippen LogP contribution >= 0.6 is 0 Å². The van der Waals surface area contributed by atoms with E-state index in [1.807, 2.05) is 6.92 Å². The van der Waals surface area contributed by atoms with Crippen molar-refractivity contribution in [1.82, 2.24) is 19.9 Å². The van der Waals surface area contributed by atoms with E-state index < -0.39 is 30.3 Å². The number of rotatable bonds is 9. The number of fused-ring (bicyclic) bond motifs is 1. The quantitative estimate of drug-likeness (QED) is 0.171. The summed E-state index contributed by atoms with van der Waals surface area (Å²) in [6.45, 7) is 2.19. The summed E-state index contributed by atoms with van der Waals surface area (Å²) in [5, 5.41) is 0. The molecule has 7 nitrogen and oxygen atoms in total. The van der Waals surface area contributed by atoms with Crippen molar-refractivity contribution in [2.24, 2.45) is 4.99 Å². The normalized spacial score (nSPS) is 13.0. The van der Waals surface area contributed by atoms with Gasteiger partial charge in [-0.1, -0.05) is 6.07 Å². The fraction of sp³-hybridized carbons (Fsp3) is 0.304. The summed E-state index contributed by atoms with van der Waals surface area (Å²) < 4.78 is 86.4. The summed E-state index contributed by atoms with van der Waals surface area (Å²) >= 11 is 0. The first-order chi connectivity index (χ1) is 16.9. The van der Waals surface area contributed by atoms with Crippen LogP contribution in [0, 0.1) is 0 Å². The fourth-order valence-corrected chi connectivity index (χ4v) is 3.05. The predicted molar refractivity (Wildman–Crippen MR) is 123 cm³/mol. The molecule has 0 fully saturated rings. The lowest BCUT2D eigenvalue weighted by atomic mass is 10.2. The number of nitrogens with one attached hydrogen (secondary N) is 1. The summed E-state index contributed by atoms with van der Waals surface area (Å²) in [5.41, 5.74) is 2.05. The van der Waals surface area contributed by atoms with E-state index in [1.54, 1.807) is 18.3 Å². The van der Waals surface area contributed by atoms with Gasteiger partial charge in [0.15, 0.2) is 0 Å². The molecule has 0 unspecified atom stereocenters. The lowest BCUT2D eigenvalue weighted by Crippen LogP contribution is -2.20. The molecular formula is C23H23F6N5O2. The molecule has 2 aromatic carbocycles. The van der Waals surface area contributed by atoms with Crippen molar-refractivity contribution in [2.45, 2.75) is 19.3 Å². The molecule has 1 N–H and O–H groups in total. The Labute approximate surface area is 202 Å². The zero-order chi connectivity index (χ0) is 26.5. The maximum absolute atomic E-state index is 13.8. The molecule has 0 spiro atoms. The number of hydroxylamine groups is 1. The number of alkyl halides is 6. The molecule has 0 aliphatic carbocycles. The number of hydrogen-bond donors (Lipinski definition) is 1. The zero-order valence-corrected chi connectivity index (χ0v) is 19.5. The molecule has 36 heavy (non-hydrogen) atoms. The maximum Gasteiger partial charge on any atom is 0.450 e. The second kappa shape index (κ2) is 10.9. The Balaban J connectivity index is 1.98. The van der Waals surface area contributed by atoms with Gasteiger partial charge in [-0.15, -0.1) is 0 Å². The van der Waals surface area contributed by atoms with Gasteiger partial charge in [0.1, 0.15) is 12.4 Å². The van der Waals surface area contributed by atoms with Gasteiger partial charge in [-0.25, -0.2) is 9.98 Å². The Hall–Kier alpha value is -3.74. The maximum atomic E-state index is 13.8. The molecule has 0 saturated carbocycles. The van der Waals surface area contributed by atoms with Gasteiger partial charge in [-0.05, 0) is 43.3 Å². The van der Waals surface area contributed by atoms with Crippen molar-refractivity contribution in [3.63, 3.8) is 0 Å². The van der Waals surface area contributed by atoms with Gasteiger partial charge in [0.2, 0.25) is 5.82 Å². The molecule has 13 heteroatoms. The number of imidazole rings is 1. The van der Waals surface area contributed by atoms with Crippen LogP contribution in [0.2, 0.25) is 0 Å². The van der Waals surface area contributed by atoms with E-state index in [0.717, 1.165) is 29.0 Å². The highest BCUT2D eigenvalue weighted by atomic mass is 19.4. The van der Waals surface area contributed by atoms with Gasteiger partial charge >= 0.3 is 12.4 Å². The largest absolute Gasteiger partial charge is 0.487 e. The fourth-order valence-electron chi connectivity index (χ4n) is 3.05. The average molecular weight is 515 g/mol. The summed E-state index contributed by atoms with van der Waals surface area (Å²) in [4.78, 5) is 14.6. The predicted octanol–water partition coefficient (Wildman–Crippen LogP) is 5.71. The van der Waals surface area contributed by atoms with Crippen LogP contribution in [0.3, 0.4) is 0 Å². The third kappa shape index (κ3) is 6.68. The minimum atomic E-state index is -4.80. The van der Waals surface area contributed by atoms with Crippen LogP contribution in [0.25, 0.3) is 17.2 Å². The Bertz CT molecular complexity index is 1250. The number of ether oxygens (including phenoxy) is 1. The minimum absolute atomic E-state index is 0.00798. The molecule has 1 heterocycles. The monoisotopic (exact) mass is 515 g/mol. The SMILES string of the molecule is CCN(C)C=Nc1ccc2c(c1)nc(C(F)(F)F)n2C=C(COc1cccc(C(F)(F)F)c1)NOC. The molecule has 1 aromatic heterocycles. The van der Waals surface area contributed by atoms with Crippen molar-refractivity contribution in [2.75, 3.05) is 27.3 Å². The molecular weight excluding hydrogens is 492 g/mol. The molecule has 0 aliphatic heterocycles. The lowest BCUT2D eigenvalue weighted by molar-refractivity contribution is -0.145. The smallest absolute Gasteiger partial charge is 0.450 e. The Morgan fingerprint density at radius 2 is 1.86 bits per heavy atom. The number of aliphatic imine (C=N–C) groups is 1. The highest BCUT2D eigenvalue weighted by molar-refractivity contribution is 5.82. The highest BCUT2D eigenvalue weighted by Gasteiger charge is 2.37. The molecule has 0 saturated heterocycles. The topological polar surface area (TPSA) is 63.9 Å². The van der Waals surface area contributed by atoms with Crippen molar-refractivity contribution in [3.8, 4) is 5.75 Å². The molecule has 194 valence electrons. The van der Waals surface area contributed by atoms with E-state index in [9.17, 15) is 26.3 Å². The van der Waals surface area contributed by atoms with Crippen LogP contribution in [0.1, 0.15) is 18.3 Å². The van der Waals surface area contributed by atoms with Gasteiger partial charge < -0.3 is 9.64 Å². The van der Waals surface area contributed by atoms with Gasteiger partial charge in [-0.3, -0.25) is 14.9 Å². The number of hydrogen-bond acceptors (Lipinski definition) is 5. The van der Waals surface area contributed by atoms with Gasteiger partial charge in [-0.2, -0.15) is 26.3 Å². The van der Waals surface area contributed by atoms with Crippen LogP contribution in [0.15, 0.2) is 53.2 Å². The highest BCUT2D eigenvalue weighted by Crippen LogP contribution is 2.34. The molecule has 0 amide bonds. The van der Waals surface area contributed by atoms with Crippen molar-refractivity contribution in [3.05, 3.63) is 59.5 Å². The summed E-state index contributed by atoms with van der Waals surface area (Å²) in [7, 11) is 3.03. The van der Waals surface area contributed by atoms with E-state index in [0.29, 0.717) is 12.2 Å². The number of halogens is 6. The first kappa shape index (κ1) is 26.9. The Morgan fingerprint density at radius 3 is 2.50 bits per heavy atom. The first-order valence-electron chi connectivity index (χ1n) is 10.6.